The van der Waals surface area contributed by atoms with Crippen LogP contribution in [-0.2, 0) is 4.74 Å². The molecule has 2 N–H and O–H groups in total. The highest BCUT2D eigenvalue weighted by molar-refractivity contribution is 14.0. The summed E-state index contributed by atoms with van der Waals surface area (Å²) in [5.41, 5.74) is 1.22. The number of rotatable bonds is 6. The topological polar surface area (TPSA) is 48.9 Å². The Hall–Kier alpha value is -0.570. The Labute approximate surface area is 178 Å². The smallest absolute Gasteiger partial charge is 0.191 e. The minimum atomic E-state index is 0. The molecule has 2 fully saturated rings. The first kappa shape index (κ1) is 21.7. The van der Waals surface area contributed by atoms with E-state index in [0.717, 1.165) is 49.7 Å². The monoisotopic (exact) mass is 492 g/mol. The summed E-state index contributed by atoms with van der Waals surface area (Å²) in [4.78, 5) is 7.32. The Morgan fingerprint density at radius 1 is 1.38 bits per heavy atom. The standard InChI is InChI=1S/C19H29ClN4O.HI/c1-3-21-19(23-17-11-14(17)2)22-13-18(24-7-9-25-10-8-24)15-5-4-6-16(20)12-15;/h4-6,12,14,17-18H,3,7-11,13H2,1-2H3,(H2,21,22,23);1H. The molecule has 1 saturated heterocycles. The molecule has 1 aliphatic heterocycles. The van der Waals surface area contributed by atoms with Crippen LogP contribution in [0.15, 0.2) is 29.3 Å². The molecule has 1 aromatic rings. The molecular weight excluding hydrogens is 463 g/mol. The van der Waals surface area contributed by atoms with Gasteiger partial charge in [-0.2, -0.15) is 0 Å². The van der Waals surface area contributed by atoms with Gasteiger partial charge >= 0.3 is 0 Å². The number of halogens is 2. The summed E-state index contributed by atoms with van der Waals surface area (Å²) < 4.78 is 5.52. The molecule has 3 unspecified atom stereocenters. The van der Waals surface area contributed by atoms with Crippen LogP contribution in [0, 0.1) is 5.92 Å². The minimum absolute atomic E-state index is 0. The lowest BCUT2D eigenvalue weighted by Gasteiger charge is -2.34. The Bertz CT molecular complexity index is 595. The van der Waals surface area contributed by atoms with Crippen molar-refractivity contribution in [1.29, 1.82) is 0 Å². The predicted molar refractivity (Wildman–Crippen MR) is 119 cm³/mol. The molecule has 5 nitrogen and oxygen atoms in total. The minimum Gasteiger partial charge on any atom is -0.379 e. The van der Waals surface area contributed by atoms with Crippen LogP contribution >= 0.6 is 35.6 Å². The highest BCUT2D eigenvalue weighted by atomic mass is 127. The maximum absolute atomic E-state index is 6.23. The Morgan fingerprint density at radius 3 is 2.73 bits per heavy atom. The molecule has 0 bridgehead atoms. The molecule has 0 radical (unpaired) electrons. The normalized spacial score (nSPS) is 24.5. The zero-order valence-corrected chi connectivity index (χ0v) is 18.7. The van der Waals surface area contributed by atoms with Gasteiger partial charge in [-0.15, -0.1) is 24.0 Å². The molecule has 3 atom stereocenters. The molecule has 2 aliphatic rings. The van der Waals surface area contributed by atoms with Gasteiger partial charge in [-0.25, -0.2) is 0 Å². The molecule has 1 aromatic carbocycles. The summed E-state index contributed by atoms with van der Waals surface area (Å²) in [7, 11) is 0. The third-order valence-electron chi connectivity index (χ3n) is 4.92. The SMILES string of the molecule is CCNC(=NCC(c1cccc(Cl)c1)N1CCOCC1)NC1CC1C.I. The summed E-state index contributed by atoms with van der Waals surface area (Å²) in [6.07, 6.45) is 1.23. The van der Waals surface area contributed by atoms with Gasteiger partial charge in [0.2, 0.25) is 0 Å². The molecule has 0 amide bonds. The summed E-state index contributed by atoms with van der Waals surface area (Å²) in [5.74, 6) is 1.66. The summed E-state index contributed by atoms with van der Waals surface area (Å²) in [5, 5.41) is 7.67. The van der Waals surface area contributed by atoms with Crippen molar-refractivity contribution in [3.8, 4) is 0 Å². The van der Waals surface area contributed by atoms with Gasteiger partial charge in [-0.1, -0.05) is 30.7 Å². The molecule has 7 heteroatoms. The van der Waals surface area contributed by atoms with E-state index in [1.165, 1.54) is 12.0 Å². The number of hydrogen-bond donors (Lipinski definition) is 2. The molecule has 1 saturated carbocycles. The summed E-state index contributed by atoms with van der Waals surface area (Å²) in [6.45, 7) is 9.35. The number of benzene rings is 1. The van der Waals surface area contributed by atoms with Crippen molar-refractivity contribution in [3.05, 3.63) is 34.9 Å². The van der Waals surface area contributed by atoms with Crippen LogP contribution in [0.2, 0.25) is 5.02 Å². The second-order valence-corrected chi connectivity index (χ2v) is 7.34. The second-order valence-electron chi connectivity index (χ2n) is 6.90. The maximum atomic E-state index is 6.23. The molecule has 1 aliphatic carbocycles. The van der Waals surface area contributed by atoms with E-state index in [2.05, 4.69) is 41.5 Å². The van der Waals surface area contributed by atoms with Gasteiger partial charge in [0.1, 0.15) is 0 Å². The average Bonchev–Trinajstić information content (AvgIpc) is 3.31. The fourth-order valence-electron chi connectivity index (χ4n) is 3.23. The van der Waals surface area contributed by atoms with Gasteiger partial charge in [-0.05, 0) is 37.0 Å². The first-order valence-electron chi connectivity index (χ1n) is 9.29. The van der Waals surface area contributed by atoms with E-state index < -0.39 is 0 Å². The Morgan fingerprint density at radius 2 is 2.12 bits per heavy atom. The summed E-state index contributed by atoms with van der Waals surface area (Å²) >= 11 is 6.23. The number of nitrogens with one attached hydrogen (secondary N) is 2. The lowest BCUT2D eigenvalue weighted by atomic mass is 10.0. The van der Waals surface area contributed by atoms with Crippen molar-refractivity contribution >= 4 is 41.5 Å². The Balaban J connectivity index is 0.00000243. The molecule has 0 aromatic heterocycles. The van der Waals surface area contributed by atoms with Crippen LogP contribution in [0.25, 0.3) is 0 Å². The third kappa shape index (κ3) is 6.25. The van der Waals surface area contributed by atoms with Crippen LogP contribution in [0.5, 0.6) is 0 Å². The highest BCUT2D eigenvalue weighted by Crippen LogP contribution is 2.29. The number of hydrogen-bond acceptors (Lipinski definition) is 3. The predicted octanol–water partition coefficient (Wildman–Crippen LogP) is 3.29. The second kappa shape index (κ2) is 10.7. The van der Waals surface area contributed by atoms with Crippen LogP contribution < -0.4 is 10.6 Å². The molecule has 26 heavy (non-hydrogen) atoms. The zero-order valence-electron chi connectivity index (χ0n) is 15.6. The van der Waals surface area contributed by atoms with Gasteiger partial charge in [0.05, 0.1) is 25.8 Å². The van der Waals surface area contributed by atoms with Crippen molar-refractivity contribution in [2.45, 2.75) is 32.4 Å². The zero-order chi connectivity index (χ0) is 17.6. The fourth-order valence-corrected chi connectivity index (χ4v) is 3.43. The van der Waals surface area contributed by atoms with E-state index in [4.69, 9.17) is 21.3 Å². The van der Waals surface area contributed by atoms with E-state index in [1.807, 2.05) is 12.1 Å². The lowest BCUT2D eigenvalue weighted by molar-refractivity contribution is 0.0180. The van der Waals surface area contributed by atoms with E-state index in [0.29, 0.717) is 12.6 Å². The van der Waals surface area contributed by atoms with Gasteiger partial charge < -0.3 is 15.4 Å². The van der Waals surface area contributed by atoms with Crippen LogP contribution in [0.3, 0.4) is 0 Å². The number of morpholine rings is 1. The number of nitrogens with zero attached hydrogens (tertiary/aromatic N) is 2. The molecule has 146 valence electrons. The molecule has 3 rings (SSSR count). The van der Waals surface area contributed by atoms with Crippen LogP contribution in [0.1, 0.15) is 31.9 Å². The van der Waals surface area contributed by atoms with Crippen molar-refractivity contribution < 1.29 is 4.74 Å². The largest absolute Gasteiger partial charge is 0.379 e. The molecular formula is C19H30ClIN4O. The number of aliphatic imine (C=N–C) groups is 1. The van der Waals surface area contributed by atoms with Gasteiger partial charge in [0.25, 0.3) is 0 Å². The van der Waals surface area contributed by atoms with E-state index >= 15 is 0 Å². The van der Waals surface area contributed by atoms with Crippen LogP contribution in [0.4, 0.5) is 0 Å². The first-order valence-corrected chi connectivity index (χ1v) is 9.67. The lowest BCUT2D eigenvalue weighted by Crippen LogP contribution is -2.42. The van der Waals surface area contributed by atoms with Crippen LogP contribution in [-0.4, -0.2) is 56.3 Å². The van der Waals surface area contributed by atoms with Crippen molar-refractivity contribution in [3.63, 3.8) is 0 Å². The van der Waals surface area contributed by atoms with E-state index in [9.17, 15) is 0 Å². The third-order valence-corrected chi connectivity index (χ3v) is 5.15. The van der Waals surface area contributed by atoms with Gasteiger partial charge in [0, 0.05) is 30.7 Å². The van der Waals surface area contributed by atoms with Crippen molar-refractivity contribution in [2.75, 3.05) is 39.4 Å². The van der Waals surface area contributed by atoms with E-state index in [-0.39, 0.29) is 30.0 Å². The molecule has 0 spiro atoms. The summed E-state index contributed by atoms with van der Waals surface area (Å²) in [6, 6.07) is 8.92. The molecule has 1 heterocycles. The number of guanidine groups is 1. The highest BCUT2D eigenvalue weighted by Gasteiger charge is 2.33. The quantitative estimate of drug-likeness (QED) is 0.363. The fraction of sp³-hybridized carbons (Fsp3) is 0.632. The maximum Gasteiger partial charge on any atom is 0.191 e. The number of ether oxygens (including phenoxy) is 1. The van der Waals surface area contributed by atoms with Crippen molar-refractivity contribution in [1.82, 2.24) is 15.5 Å². The Kier molecular flexibility index (Phi) is 8.93. The first-order chi connectivity index (χ1) is 12.2. The van der Waals surface area contributed by atoms with Crippen molar-refractivity contribution in [2.24, 2.45) is 10.9 Å². The van der Waals surface area contributed by atoms with Gasteiger partial charge in [-0.3, -0.25) is 9.89 Å². The van der Waals surface area contributed by atoms with E-state index in [1.54, 1.807) is 0 Å². The van der Waals surface area contributed by atoms with Gasteiger partial charge in [0.15, 0.2) is 5.96 Å². The average molecular weight is 493 g/mol.